The summed E-state index contributed by atoms with van der Waals surface area (Å²) in [4.78, 5) is 21.3. The number of nitriles is 2. The Morgan fingerprint density at radius 3 is 1.00 bits per heavy atom. The Labute approximate surface area is 330 Å². The molecule has 0 aliphatic carbocycles. The largest absolute Gasteiger partial charge is 0.378 e. The van der Waals surface area contributed by atoms with Gasteiger partial charge in [0.1, 0.15) is 23.3 Å². The van der Waals surface area contributed by atoms with E-state index in [1.165, 1.54) is 48.5 Å². The molecular weight excluding hydrogens is 867 g/mol. The Bertz CT molecular complexity index is 2760. The molecule has 0 amide bonds. The van der Waals surface area contributed by atoms with Crippen molar-refractivity contribution in [3.05, 3.63) is 164 Å². The molecule has 0 unspecified atom stereocenters. The SMILES string of the molecule is N#C/C(=C\c1cc(OS(=O)(=O)c2c(F)c(F)c(F)c(F)c2F)c(/C=C(\C#N)C(=O)c2ccccc2)cc1OS(=O)(=O)c1c(F)c(F)c(F)c(F)c1F)C(=O)c1ccccc1. The third kappa shape index (κ3) is 8.32. The van der Waals surface area contributed by atoms with Gasteiger partial charge in [0, 0.05) is 22.3 Å². The molecule has 0 radical (unpaired) electrons. The Kier molecular flexibility index (Phi) is 12.3. The molecule has 0 spiro atoms. The summed E-state index contributed by atoms with van der Waals surface area (Å²) in [5.41, 5.74) is -4.79. The topological polar surface area (TPSA) is 168 Å². The maximum Gasteiger partial charge on any atom is 0.345 e. The molecule has 10 nitrogen and oxygen atoms in total. The number of halogens is 10. The zero-order chi connectivity index (χ0) is 44.4. The van der Waals surface area contributed by atoms with Crippen LogP contribution in [0.25, 0.3) is 12.2 Å². The highest BCUT2D eigenvalue weighted by molar-refractivity contribution is 7.87. The molecule has 0 aromatic heterocycles. The summed E-state index contributed by atoms with van der Waals surface area (Å²) < 4.78 is 206. The predicted octanol–water partition coefficient (Wildman–Crippen LogP) is 8.19. The fraction of sp³-hybridized carbons (Fsp3) is 0. The van der Waals surface area contributed by atoms with Gasteiger partial charge in [0.25, 0.3) is 0 Å². The monoisotopic (exact) mass is 880 g/mol. The lowest BCUT2D eigenvalue weighted by Crippen LogP contribution is -2.19. The molecule has 0 atom stereocenters. The van der Waals surface area contributed by atoms with Crippen LogP contribution in [0.2, 0.25) is 0 Å². The highest BCUT2D eigenvalue weighted by Gasteiger charge is 2.38. The maximum absolute atomic E-state index is 14.8. The van der Waals surface area contributed by atoms with Gasteiger partial charge < -0.3 is 8.37 Å². The summed E-state index contributed by atoms with van der Waals surface area (Å²) in [5.74, 6) is -33.8. The van der Waals surface area contributed by atoms with E-state index in [1.807, 2.05) is 0 Å². The molecule has 5 rings (SSSR count). The van der Waals surface area contributed by atoms with Gasteiger partial charge in [-0.05, 0) is 24.3 Å². The highest BCUT2D eigenvalue weighted by Crippen LogP contribution is 2.38. The van der Waals surface area contributed by atoms with Crippen molar-refractivity contribution in [3.63, 3.8) is 0 Å². The van der Waals surface area contributed by atoms with Gasteiger partial charge in [-0.2, -0.15) is 27.4 Å². The lowest BCUT2D eigenvalue weighted by Gasteiger charge is -2.17. The lowest BCUT2D eigenvalue weighted by molar-refractivity contribution is 0.103. The number of hydrogen-bond donors (Lipinski definition) is 0. The minimum Gasteiger partial charge on any atom is -0.378 e. The van der Waals surface area contributed by atoms with Crippen LogP contribution in [0.15, 0.2) is 93.7 Å². The number of carbonyl (C=O) groups is 2. The first-order valence-corrected chi connectivity index (χ1v) is 18.5. The Balaban J connectivity index is 1.88. The van der Waals surface area contributed by atoms with Crippen LogP contribution >= 0.6 is 0 Å². The third-order valence-corrected chi connectivity index (χ3v) is 10.3. The average Bonchev–Trinajstić information content (AvgIpc) is 3.22. The summed E-state index contributed by atoms with van der Waals surface area (Å²) in [6.45, 7) is 0. The summed E-state index contributed by atoms with van der Waals surface area (Å²) in [7, 11) is -12.6. The number of Topliss-reactive ketones (excluding diaryl/α,β-unsaturated/α-hetero) is 2. The molecule has 0 aliphatic rings. The molecule has 60 heavy (non-hydrogen) atoms. The zero-order valence-corrected chi connectivity index (χ0v) is 30.5. The van der Waals surface area contributed by atoms with Gasteiger partial charge in [0.05, 0.1) is 0 Å². The number of nitrogens with zero attached hydrogens (tertiary/aromatic N) is 2. The van der Waals surface area contributed by atoms with Crippen molar-refractivity contribution in [2.75, 3.05) is 0 Å². The van der Waals surface area contributed by atoms with Crippen LogP contribution < -0.4 is 8.37 Å². The van der Waals surface area contributed by atoms with Gasteiger partial charge >= 0.3 is 20.2 Å². The number of benzene rings is 5. The van der Waals surface area contributed by atoms with Crippen LogP contribution in [0.4, 0.5) is 43.9 Å². The summed E-state index contributed by atoms with van der Waals surface area (Å²) >= 11 is 0. The number of ketones is 2. The van der Waals surface area contributed by atoms with Crippen LogP contribution in [0.1, 0.15) is 31.8 Å². The van der Waals surface area contributed by atoms with Crippen LogP contribution in [-0.2, 0) is 20.2 Å². The van der Waals surface area contributed by atoms with Crippen LogP contribution in [0, 0.1) is 80.8 Å². The van der Waals surface area contributed by atoms with Crippen molar-refractivity contribution in [1.29, 1.82) is 10.5 Å². The van der Waals surface area contributed by atoms with E-state index < -0.39 is 134 Å². The third-order valence-electron chi connectivity index (χ3n) is 7.78. The first kappa shape index (κ1) is 43.8. The zero-order valence-electron chi connectivity index (χ0n) is 28.8. The molecule has 22 heteroatoms. The Hall–Kier alpha value is -7.30. The first-order chi connectivity index (χ1) is 28.2. The van der Waals surface area contributed by atoms with Gasteiger partial charge in [-0.3, -0.25) is 9.59 Å². The number of hydrogen-bond acceptors (Lipinski definition) is 10. The van der Waals surface area contributed by atoms with E-state index in [2.05, 4.69) is 0 Å². The van der Waals surface area contributed by atoms with Crippen molar-refractivity contribution in [3.8, 4) is 23.6 Å². The normalized spacial score (nSPS) is 12.1. The standard InChI is InChI=1S/C38H14F10N2O8S2/c39-25-27(41)31(45)37(32(46)28(25)42)59(53,54)57-23-14-20(12-22(16-50)36(52)18-9-5-2-6-10-18)24(13-19(23)11-21(15-49)35(51)17-7-3-1-4-8-17)58-60(55,56)38-33(47)29(43)26(40)30(44)34(38)48/h1-14H/b21-11+,22-12+. The molecule has 5 aromatic carbocycles. The second kappa shape index (κ2) is 16.9. The summed E-state index contributed by atoms with van der Waals surface area (Å²) in [6.07, 6.45) is 0.731. The number of rotatable bonds is 12. The molecule has 0 N–H and O–H groups in total. The highest BCUT2D eigenvalue weighted by atomic mass is 32.2. The van der Waals surface area contributed by atoms with E-state index in [-0.39, 0.29) is 23.3 Å². The lowest BCUT2D eigenvalue weighted by atomic mass is 9.98. The molecule has 0 bridgehead atoms. The minimum absolute atomic E-state index is 0.205. The van der Waals surface area contributed by atoms with Crippen molar-refractivity contribution >= 4 is 44.0 Å². The van der Waals surface area contributed by atoms with Crippen LogP contribution in [0.5, 0.6) is 11.5 Å². The molecule has 0 fully saturated rings. The maximum atomic E-state index is 14.8. The summed E-state index contributed by atoms with van der Waals surface area (Å²) in [5, 5.41) is 19.8. The van der Waals surface area contributed by atoms with Crippen molar-refractivity contribution < 1.29 is 78.7 Å². The molecule has 0 aliphatic heterocycles. The average molecular weight is 881 g/mol. The predicted molar refractivity (Wildman–Crippen MR) is 183 cm³/mol. The minimum atomic E-state index is -6.32. The quantitative estimate of drug-likeness (QED) is 0.0227. The molecule has 0 heterocycles. The van der Waals surface area contributed by atoms with Crippen molar-refractivity contribution in [2.24, 2.45) is 0 Å². The van der Waals surface area contributed by atoms with Gasteiger partial charge in [-0.15, -0.1) is 0 Å². The van der Waals surface area contributed by atoms with Crippen LogP contribution in [-0.4, -0.2) is 28.4 Å². The molecule has 306 valence electrons. The van der Waals surface area contributed by atoms with E-state index in [0.717, 1.165) is 24.3 Å². The van der Waals surface area contributed by atoms with E-state index >= 15 is 0 Å². The van der Waals surface area contributed by atoms with E-state index in [9.17, 15) is 80.9 Å². The van der Waals surface area contributed by atoms with Crippen LogP contribution in [0.3, 0.4) is 0 Å². The fourth-order valence-corrected chi connectivity index (χ4v) is 7.15. The Morgan fingerprint density at radius 1 is 0.467 bits per heavy atom. The smallest absolute Gasteiger partial charge is 0.345 e. The van der Waals surface area contributed by atoms with Gasteiger partial charge in [-0.1, -0.05) is 60.7 Å². The number of allylic oxidation sites excluding steroid dienone is 2. The van der Waals surface area contributed by atoms with Gasteiger partial charge in [-0.25, -0.2) is 43.9 Å². The number of carbonyl (C=O) groups excluding carboxylic acids is 2. The molecule has 0 saturated heterocycles. The summed E-state index contributed by atoms with van der Waals surface area (Å²) in [6, 6.07) is 15.9. The first-order valence-electron chi connectivity index (χ1n) is 15.7. The van der Waals surface area contributed by atoms with Crippen molar-refractivity contribution in [1.82, 2.24) is 0 Å². The second-order valence-electron chi connectivity index (χ2n) is 11.5. The van der Waals surface area contributed by atoms with E-state index in [4.69, 9.17) is 8.37 Å². The van der Waals surface area contributed by atoms with E-state index in [0.29, 0.717) is 12.2 Å². The molecule has 0 saturated carbocycles. The van der Waals surface area contributed by atoms with Crippen molar-refractivity contribution in [2.45, 2.75) is 9.79 Å². The molecule has 5 aromatic rings. The second-order valence-corrected chi connectivity index (χ2v) is 14.5. The van der Waals surface area contributed by atoms with Gasteiger partial charge in [0.15, 0.2) is 67.8 Å². The Morgan fingerprint density at radius 2 is 0.733 bits per heavy atom. The molecular formula is C38H14F10N2O8S2. The van der Waals surface area contributed by atoms with E-state index in [1.54, 1.807) is 0 Å². The fourth-order valence-electron chi connectivity index (χ4n) is 4.99. The van der Waals surface area contributed by atoms with Gasteiger partial charge in [0.2, 0.25) is 23.2 Å².